The minimum Gasteiger partial charge on any atom is -0.382 e. The summed E-state index contributed by atoms with van der Waals surface area (Å²) >= 11 is 0. The van der Waals surface area contributed by atoms with E-state index in [-0.39, 0.29) is 6.04 Å². The molecule has 0 bridgehead atoms. The van der Waals surface area contributed by atoms with Crippen LogP contribution in [0.3, 0.4) is 0 Å². The molecule has 3 rings (SSSR count). The molecule has 1 atom stereocenters. The van der Waals surface area contributed by atoms with Gasteiger partial charge in [0.05, 0.1) is 11.4 Å². The van der Waals surface area contributed by atoms with Crippen LogP contribution in [0.5, 0.6) is 0 Å². The molecule has 0 fully saturated rings. The Bertz CT molecular complexity index is 785. The number of allylic oxidation sites excluding steroid dienone is 1. The Kier molecular flexibility index (Phi) is 4.19. The third kappa shape index (κ3) is 3.13. The zero-order valence-electron chi connectivity index (χ0n) is 13.5. The highest BCUT2D eigenvalue weighted by atomic mass is 16.1. The van der Waals surface area contributed by atoms with E-state index in [1.165, 1.54) is 0 Å². The topological polar surface area (TPSA) is 83.3 Å². The van der Waals surface area contributed by atoms with E-state index in [0.717, 1.165) is 40.6 Å². The molecule has 1 aliphatic heterocycles. The van der Waals surface area contributed by atoms with Crippen molar-refractivity contribution in [2.45, 2.75) is 32.7 Å². The number of aliphatic imine (C=N–C) groups is 1. The number of fused-ring (bicyclic) bond motifs is 1. The van der Waals surface area contributed by atoms with Gasteiger partial charge in [-0.1, -0.05) is 32.0 Å². The molecule has 4 N–H and O–H groups in total. The van der Waals surface area contributed by atoms with Gasteiger partial charge in [0.25, 0.3) is 0 Å². The number of nitrogens with one attached hydrogen (secondary N) is 2. The molecule has 0 saturated carbocycles. The molecule has 120 valence electrons. The van der Waals surface area contributed by atoms with Crippen LogP contribution in [0.2, 0.25) is 0 Å². The molecule has 0 saturated heterocycles. The molecule has 5 nitrogen and oxygen atoms in total. The Hall–Kier alpha value is -2.56. The Balaban J connectivity index is 1.90. The van der Waals surface area contributed by atoms with Crippen LogP contribution in [0, 0.1) is 5.92 Å². The van der Waals surface area contributed by atoms with Crippen molar-refractivity contribution in [1.29, 1.82) is 0 Å². The first-order chi connectivity index (χ1) is 11.1. The minimum atomic E-state index is -0.384. The van der Waals surface area contributed by atoms with Crippen LogP contribution in [-0.4, -0.2) is 23.0 Å². The average molecular weight is 310 g/mol. The number of rotatable bonds is 5. The summed E-state index contributed by atoms with van der Waals surface area (Å²) < 4.78 is 0. The number of aromatic nitrogens is 1. The summed E-state index contributed by atoms with van der Waals surface area (Å²) in [6, 6.07) is 7.74. The number of nitrogens with two attached hydrogens (primary N) is 1. The Morgan fingerprint density at radius 2 is 2.13 bits per heavy atom. The van der Waals surface area contributed by atoms with E-state index in [0.29, 0.717) is 18.2 Å². The van der Waals surface area contributed by atoms with E-state index < -0.39 is 0 Å². The maximum atomic E-state index is 11.4. The van der Waals surface area contributed by atoms with E-state index >= 15 is 0 Å². The average Bonchev–Trinajstić information content (AvgIpc) is 2.92. The van der Waals surface area contributed by atoms with Crippen molar-refractivity contribution in [1.82, 2.24) is 10.3 Å². The number of benzene rings is 1. The molecule has 0 radical (unpaired) electrons. The van der Waals surface area contributed by atoms with E-state index in [9.17, 15) is 4.79 Å². The standard InChI is InChI=1S/C18H22N4O/c1-11(2)7-15-17(10-23)21-16(18(19)22-15)8-12-9-20-14-6-4-3-5-13(12)14/h3-6,9-11,17,20-21H,7-8,19H2,1-2H3. The summed E-state index contributed by atoms with van der Waals surface area (Å²) in [4.78, 5) is 19.1. The predicted molar refractivity (Wildman–Crippen MR) is 93.1 cm³/mol. The van der Waals surface area contributed by atoms with Gasteiger partial charge in [-0.15, -0.1) is 0 Å². The molecule has 5 heteroatoms. The number of aromatic amines is 1. The largest absolute Gasteiger partial charge is 0.382 e. The molecule has 0 amide bonds. The maximum absolute atomic E-state index is 11.4. The second kappa shape index (κ2) is 6.28. The lowest BCUT2D eigenvalue weighted by molar-refractivity contribution is -0.108. The summed E-state index contributed by atoms with van der Waals surface area (Å²) in [6.07, 6.45) is 4.27. The number of hydrogen-bond acceptors (Lipinski definition) is 4. The highest BCUT2D eigenvalue weighted by molar-refractivity contribution is 6.02. The van der Waals surface area contributed by atoms with Gasteiger partial charge in [0, 0.05) is 23.5 Å². The molecule has 23 heavy (non-hydrogen) atoms. The molecule has 0 aliphatic carbocycles. The van der Waals surface area contributed by atoms with Crippen LogP contribution >= 0.6 is 0 Å². The van der Waals surface area contributed by atoms with Gasteiger partial charge >= 0.3 is 0 Å². The number of hydrogen-bond donors (Lipinski definition) is 3. The van der Waals surface area contributed by atoms with Gasteiger partial charge in [0.2, 0.25) is 0 Å². The molecule has 0 spiro atoms. The third-order valence-corrected chi connectivity index (χ3v) is 4.06. The van der Waals surface area contributed by atoms with Crippen molar-refractivity contribution in [2.75, 3.05) is 0 Å². The molecule has 2 aromatic rings. The number of H-pyrrole nitrogens is 1. The number of carbonyl (C=O) groups excluding carboxylic acids is 1. The van der Waals surface area contributed by atoms with Crippen molar-refractivity contribution in [3.63, 3.8) is 0 Å². The monoisotopic (exact) mass is 310 g/mol. The van der Waals surface area contributed by atoms with Crippen molar-refractivity contribution in [2.24, 2.45) is 16.6 Å². The normalized spacial score (nSPS) is 18.2. The summed E-state index contributed by atoms with van der Waals surface area (Å²) in [6.45, 7) is 4.21. The van der Waals surface area contributed by atoms with Gasteiger partial charge in [-0.3, -0.25) is 0 Å². The third-order valence-electron chi connectivity index (χ3n) is 4.06. The Labute approximate surface area is 135 Å². The fourth-order valence-electron chi connectivity index (χ4n) is 2.95. The Morgan fingerprint density at radius 3 is 2.87 bits per heavy atom. The van der Waals surface area contributed by atoms with Gasteiger partial charge in [-0.2, -0.15) is 0 Å². The first kappa shape index (κ1) is 15.3. The molecular weight excluding hydrogens is 288 g/mol. The first-order valence-corrected chi connectivity index (χ1v) is 7.91. The quantitative estimate of drug-likeness (QED) is 0.742. The van der Waals surface area contributed by atoms with Crippen LogP contribution in [0.25, 0.3) is 10.9 Å². The van der Waals surface area contributed by atoms with Gasteiger partial charge < -0.3 is 20.8 Å². The summed E-state index contributed by atoms with van der Waals surface area (Å²) in [5, 5.41) is 4.41. The number of para-hydroxylation sites is 1. The van der Waals surface area contributed by atoms with Gasteiger partial charge in [0.1, 0.15) is 18.1 Å². The van der Waals surface area contributed by atoms with Crippen molar-refractivity contribution >= 4 is 22.9 Å². The minimum absolute atomic E-state index is 0.384. The fraction of sp³-hybridized carbons (Fsp3) is 0.333. The second-order valence-electron chi connectivity index (χ2n) is 6.36. The van der Waals surface area contributed by atoms with Crippen molar-refractivity contribution < 1.29 is 4.79 Å². The lowest BCUT2D eigenvalue weighted by atomic mass is 9.99. The maximum Gasteiger partial charge on any atom is 0.148 e. The smallest absolute Gasteiger partial charge is 0.148 e. The van der Waals surface area contributed by atoms with Crippen LogP contribution in [0.4, 0.5) is 0 Å². The van der Waals surface area contributed by atoms with Crippen LogP contribution in [0.15, 0.2) is 47.0 Å². The van der Waals surface area contributed by atoms with Gasteiger partial charge in [0.15, 0.2) is 0 Å². The highest BCUT2D eigenvalue weighted by Gasteiger charge is 2.23. The molecular formula is C18H22N4O. The Morgan fingerprint density at radius 1 is 1.35 bits per heavy atom. The summed E-state index contributed by atoms with van der Waals surface area (Å²) in [5.41, 5.74) is 9.97. The molecule has 2 heterocycles. The summed E-state index contributed by atoms with van der Waals surface area (Å²) in [5.74, 6) is 0.907. The lowest BCUT2D eigenvalue weighted by Gasteiger charge is -2.25. The predicted octanol–water partition coefficient (Wildman–Crippen LogP) is 2.50. The lowest BCUT2D eigenvalue weighted by Crippen LogP contribution is -2.43. The van der Waals surface area contributed by atoms with Crippen molar-refractivity contribution in [3.8, 4) is 0 Å². The zero-order chi connectivity index (χ0) is 16.4. The first-order valence-electron chi connectivity index (χ1n) is 7.91. The number of aldehydes is 1. The SMILES string of the molecule is CC(C)CC1=NC(N)=C(Cc2c[nH]c3ccccc23)NC1C=O. The number of nitrogens with zero attached hydrogens (tertiary/aromatic N) is 1. The van der Waals surface area contributed by atoms with Crippen LogP contribution in [0.1, 0.15) is 25.8 Å². The fourth-order valence-corrected chi connectivity index (χ4v) is 2.95. The second-order valence-corrected chi connectivity index (χ2v) is 6.36. The number of carbonyl (C=O) groups is 1. The zero-order valence-corrected chi connectivity index (χ0v) is 13.5. The van der Waals surface area contributed by atoms with E-state index in [1.807, 2.05) is 24.4 Å². The van der Waals surface area contributed by atoms with E-state index in [4.69, 9.17) is 5.73 Å². The van der Waals surface area contributed by atoms with Crippen molar-refractivity contribution in [3.05, 3.63) is 47.5 Å². The molecule has 1 aromatic carbocycles. The van der Waals surface area contributed by atoms with Gasteiger partial charge in [-0.05, 0) is 24.0 Å². The van der Waals surface area contributed by atoms with Crippen LogP contribution in [-0.2, 0) is 11.2 Å². The molecule has 1 unspecified atom stereocenters. The van der Waals surface area contributed by atoms with Crippen LogP contribution < -0.4 is 11.1 Å². The van der Waals surface area contributed by atoms with E-state index in [2.05, 4.69) is 35.2 Å². The van der Waals surface area contributed by atoms with E-state index in [1.54, 1.807) is 0 Å². The highest BCUT2D eigenvalue weighted by Crippen LogP contribution is 2.22. The summed E-state index contributed by atoms with van der Waals surface area (Å²) in [7, 11) is 0. The molecule has 1 aliphatic rings. The van der Waals surface area contributed by atoms with Gasteiger partial charge in [-0.25, -0.2) is 4.99 Å². The molecule has 1 aromatic heterocycles.